The van der Waals surface area contributed by atoms with Crippen LogP contribution >= 0.6 is 11.3 Å². The zero-order valence-corrected chi connectivity index (χ0v) is 10.5. The van der Waals surface area contributed by atoms with Crippen LogP contribution in [0.4, 0.5) is 11.8 Å². The van der Waals surface area contributed by atoms with Gasteiger partial charge in [0.2, 0.25) is 5.95 Å². The van der Waals surface area contributed by atoms with Crippen LogP contribution < -0.4 is 15.5 Å². The molecule has 0 aromatic carbocycles. The summed E-state index contributed by atoms with van der Waals surface area (Å²) in [6.07, 6.45) is 0. The van der Waals surface area contributed by atoms with Crippen LogP contribution in [0, 0.1) is 0 Å². The smallest absolute Gasteiger partial charge is 0.225 e. The van der Waals surface area contributed by atoms with Gasteiger partial charge in [0, 0.05) is 33.2 Å². The van der Waals surface area contributed by atoms with Crippen molar-refractivity contribution in [2.24, 2.45) is 0 Å². The predicted octanol–water partition coefficient (Wildman–Crippen LogP) is 1.14. The van der Waals surface area contributed by atoms with Crippen LogP contribution in [-0.2, 0) is 0 Å². The van der Waals surface area contributed by atoms with E-state index in [1.54, 1.807) is 11.3 Å². The summed E-state index contributed by atoms with van der Waals surface area (Å²) >= 11 is 1.71. The van der Waals surface area contributed by atoms with Gasteiger partial charge in [0.05, 0.1) is 10.2 Å². The van der Waals surface area contributed by atoms with Crippen LogP contribution in [0.15, 0.2) is 11.4 Å². The molecule has 0 bridgehead atoms. The van der Waals surface area contributed by atoms with E-state index in [0.717, 1.165) is 37.5 Å². The molecule has 6 heteroatoms. The van der Waals surface area contributed by atoms with Crippen molar-refractivity contribution in [2.45, 2.75) is 0 Å². The largest absolute Gasteiger partial charge is 0.357 e. The van der Waals surface area contributed by atoms with E-state index in [1.807, 2.05) is 13.1 Å². The number of rotatable bonds is 2. The molecule has 3 rings (SSSR count). The summed E-state index contributed by atoms with van der Waals surface area (Å²) in [6.45, 7) is 4.05. The molecule has 0 saturated carbocycles. The van der Waals surface area contributed by atoms with Crippen molar-refractivity contribution < 1.29 is 0 Å². The average molecular weight is 249 g/mol. The van der Waals surface area contributed by atoms with Crippen LogP contribution in [-0.4, -0.2) is 43.2 Å². The highest BCUT2D eigenvalue weighted by molar-refractivity contribution is 7.17. The Balaban J connectivity index is 2.08. The summed E-state index contributed by atoms with van der Waals surface area (Å²) < 4.78 is 1.19. The summed E-state index contributed by atoms with van der Waals surface area (Å²) in [5, 5.41) is 8.46. The normalized spacial score (nSPS) is 16.4. The fourth-order valence-corrected chi connectivity index (χ4v) is 2.90. The highest BCUT2D eigenvalue weighted by Crippen LogP contribution is 2.29. The van der Waals surface area contributed by atoms with Crippen molar-refractivity contribution >= 4 is 33.3 Å². The van der Waals surface area contributed by atoms with E-state index in [-0.39, 0.29) is 0 Å². The fourth-order valence-electron chi connectivity index (χ4n) is 2.05. The SMILES string of the molecule is CNc1nc(N2CCNCC2)c2sccc2n1. The molecule has 3 heterocycles. The predicted molar refractivity (Wildman–Crippen MR) is 72.0 cm³/mol. The fraction of sp³-hybridized carbons (Fsp3) is 0.455. The minimum Gasteiger partial charge on any atom is -0.357 e. The topological polar surface area (TPSA) is 53.1 Å². The third-order valence-corrected chi connectivity index (χ3v) is 3.83. The number of nitrogens with one attached hydrogen (secondary N) is 2. The summed E-state index contributed by atoms with van der Waals surface area (Å²) in [6, 6.07) is 2.05. The second kappa shape index (κ2) is 4.46. The van der Waals surface area contributed by atoms with Crippen molar-refractivity contribution in [1.82, 2.24) is 15.3 Å². The highest BCUT2D eigenvalue weighted by atomic mass is 32.1. The molecule has 0 spiro atoms. The summed E-state index contributed by atoms with van der Waals surface area (Å²) in [5.74, 6) is 1.76. The molecule has 0 unspecified atom stereocenters. The molecule has 1 aliphatic rings. The van der Waals surface area contributed by atoms with Gasteiger partial charge in [0.25, 0.3) is 0 Å². The second-order valence-corrected chi connectivity index (χ2v) is 4.91. The number of piperazine rings is 1. The van der Waals surface area contributed by atoms with Gasteiger partial charge in [0.1, 0.15) is 0 Å². The molecule has 1 aliphatic heterocycles. The monoisotopic (exact) mass is 249 g/mol. The third-order valence-electron chi connectivity index (χ3n) is 2.93. The molecule has 0 aliphatic carbocycles. The molecule has 5 nitrogen and oxygen atoms in total. The van der Waals surface area contributed by atoms with Crippen molar-refractivity contribution in [3.8, 4) is 0 Å². The van der Waals surface area contributed by atoms with Gasteiger partial charge >= 0.3 is 0 Å². The molecular weight excluding hydrogens is 234 g/mol. The van der Waals surface area contributed by atoms with Crippen LogP contribution in [0.3, 0.4) is 0 Å². The number of fused-ring (bicyclic) bond motifs is 1. The molecule has 0 atom stereocenters. The van der Waals surface area contributed by atoms with Crippen molar-refractivity contribution in [2.75, 3.05) is 43.4 Å². The average Bonchev–Trinajstić information content (AvgIpc) is 2.86. The number of hydrogen-bond acceptors (Lipinski definition) is 6. The molecule has 0 amide bonds. The minimum atomic E-state index is 0.699. The molecule has 2 aromatic heterocycles. The minimum absolute atomic E-state index is 0.699. The Kier molecular flexibility index (Phi) is 2.82. The Morgan fingerprint density at radius 2 is 2.18 bits per heavy atom. The zero-order chi connectivity index (χ0) is 11.7. The Morgan fingerprint density at radius 1 is 1.35 bits per heavy atom. The Morgan fingerprint density at radius 3 is 2.94 bits per heavy atom. The number of anilines is 2. The second-order valence-electron chi connectivity index (χ2n) is 3.99. The van der Waals surface area contributed by atoms with Gasteiger partial charge in [-0.1, -0.05) is 0 Å². The number of thiophene rings is 1. The van der Waals surface area contributed by atoms with Crippen LogP contribution in [0.25, 0.3) is 10.2 Å². The third kappa shape index (κ3) is 1.94. The van der Waals surface area contributed by atoms with E-state index in [0.29, 0.717) is 5.95 Å². The van der Waals surface area contributed by atoms with Gasteiger partial charge in [-0.2, -0.15) is 4.98 Å². The number of aromatic nitrogens is 2. The first kappa shape index (κ1) is 10.7. The lowest BCUT2D eigenvalue weighted by Gasteiger charge is -2.28. The lowest BCUT2D eigenvalue weighted by Crippen LogP contribution is -2.44. The molecule has 0 radical (unpaired) electrons. The zero-order valence-electron chi connectivity index (χ0n) is 9.73. The Labute approximate surface area is 104 Å². The first-order valence-electron chi connectivity index (χ1n) is 5.77. The van der Waals surface area contributed by atoms with Gasteiger partial charge in [-0.05, 0) is 11.4 Å². The molecule has 2 N–H and O–H groups in total. The van der Waals surface area contributed by atoms with Crippen molar-refractivity contribution in [3.63, 3.8) is 0 Å². The summed E-state index contributed by atoms with van der Waals surface area (Å²) in [5.41, 5.74) is 1.03. The van der Waals surface area contributed by atoms with Crippen molar-refractivity contribution in [1.29, 1.82) is 0 Å². The maximum atomic E-state index is 4.60. The maximum absolute atomic E-state index is 4.60. The van der Waals surface area contributed by atoms with Crippen molar-refractivity contribution in [3.05, 3.63) is 11.4 Å². The molecule has 1 saturated heterocycles. The van der Waals surface area contributed by atoms with Gasteiger partial charge in [-0.3, -0.25) is 0 Å². The van der Waals surface area contributed by atoms with E-state index in [9.17, 15) is 0 Å². The molecule has 17 heavy (non-hydrogen) atoms. The molecular formula is C11H15N5S. The van der Waals surface area contributed by atoms with Gasteiger partial charge in [-0.15, -0.1) is 11.3 Å². The van der Waals surface area contributed by atoms with Crippen LogP contribution in [0.5, 0.6) is 0 Å². The Bertz CT molecular complexity index is 518. The Hall–Kier alpha value is -1.40. The number of nitrogens with zero attached hydrogens (tertiary/aromatic N) is 3. The maximum Gasteiger partial charge on any atom is 0.225 e. The molecule has 1 fully saturated rings. The van der Waals surface area contributed by atoms with Gasteiger partial charge in [-0.25, -0.2) is 4.98 Å². The lowest BCUT2D eigenvalue weighted by molar-refractivity contribution is 0.586. The summed E-state index contributed by atoms with van der Waals surface area (Å²) in [7, 11) is 1.86. The van der Waals surface area contributed by atoms with E-state index < -0.39 is 0 Å². The molecule has 90 valence electrons. The number of hydrogen-bond donors (Lipinski definition) is 2. The van der Waals surface area contributed by atoms with Gasteiger partial charge in [0.15, 0.2) is 5.82 Å². The van der Waals surface area contributed by atoms with E-state index in [4.69, 9.17) is 0 Å². The van der Waals surface area contributed by atoms with E-state index in [1.165, 1.54) is 4.70 Å². The van der Waals surface area contributed by atoms with E-state index >= 15 is 0 Å². The van der Waals surface area contributed by atoms with Gasteiger partial charge < -0.3 is 15.5 Å². The molecule has 2 aromatic rings. The van der Waals surface area contributed by atoms with Crippen LogP contribution in [0.1, 0.15) is 0 Å². The highest BCUT2D eigenvalue weighted by Gasteiger charge is 2.17. The quantitative estimate of drug-likeness (QED) is 0.836. The first-order valence-corrected chi connectivity index (χ1v) is 6.65. The standard InChI is InChI=1S/C11H15N5S/c1-12-11-14-8-2-7-17-9(8)10(15-11)16-5-3-13-4-6-16/h2,7,13H,3-6H2,1H3,(H,12,14,15). The first-order chi connectivity index (χ1) is 8.38. The van der Waals surface area contributed by atoms with E-state index in [2.05, 4.69) is 30.9 Å². The lowest BCUT2D eigenvalue weighted by atomic mass is 10.3. The van der Waals surface area contributed by atoms with Crippen LogP contribution in [0.2, 0.25) is 0 Å². The summed E-state index contributed by atoms with van der Waals surface area (Å²) in [4.78, 5) is 11.4.